The third-order valence-electron chi connectivity index (χ3n) is 5.37. The molecule has 10 unspecified atom stereocenters. The number of carboxylic acids is 1. The third kappa shape index (κ3) is 5.20. The summed E-state index contributed by atoms with van der Waals surface area (Å²) in [4.78, 5) is 11.7. The summed E-state index contributed by atoms with van der Waals surface area (Å²) in [6.07, 6.45) is -15.8. The average Bonchev–Trinajstić information content (AvgIpc) is 2.80. The van der Waals surface area contributed by atoms with Crippen molar-refractivity contribution >= 4 is 5.97 Å². The summed E-state index contributed by atoms with van der Waals surface area (Å²) in [5.41, 5.74) is -0.492. The average molecular weight is 478 g/mol. The van der Waals surface area contributed by atoms with E-state index < -0.39 is 86.2 Å². The number of rotatable bonds is 7. The second kappa shape index (κ2) is 10.4. The number of aliphatic hydroxyl groups excluding tert-OH is 8. The fourth-order valence-corrected chi connectivity index (χ4v) is 3.44. The quantitative estimate of drug-likeness (QED) is 0.180. The molecule has 1 aromatic carbocycles. The first-order chi connectivity index (χ1) is 15.6. The molecular weight excluding hydrogens is 452 g/mol. The molecule has 1 aromatic rings. The van der Waals surface area contributed by atoms with Crippen LogP contribution in [0.25, 0.3) is 0 Å². The lowest BCUT2D eigenvalue weighted by atomic mass is 9.99. The number of aliphatic hydroxyl groups is 8. The van der Waals surface area contributed by atoms with Gasteiger partial charge in [0.25, 0.3) is 0 Å². The highest BCUT2D eigenvalue weighted by Crippen LogP contribution is 2.31. The summed E-state index contributed by atoms with van der Waals surface area (Å²) in [6, 6.07) is 3.29. The van der Waals surface area contributed by atoms with E-state index in [1.807, 2.05) is 0 Å². The van der Waals surface area contributed by atoms with Crippen LogP contribution >= 0.6 is 0 Å². The molecule has 2 heterocycles. The van der Waals surface area contributed by atoms with Crippen molar-refractivity contribution in [2.24, 2.45) is 0 Å². The Morgan fingerprint density at radius 2 is 1.24 bits per heavy atom. The molecule has 0 amide bonds. The van der Waals surface area contributed by atoms with Gasteiger partial charge in [-0.05, 0) is 18.2 Å². The molecule has 2 aliphatic rings. The molecule has 14 nitrogen and oxygen atoms in total. The molecule has 0 radical (unpaired) electrons. The van der Waals surface area contributed by atoms with Crippen molar-refractivity contribution in [1.29, 1.82) is 0 Å². The monoisotopic (exact) mass is 478 g/mol. The number of hydrogen-bond acceptors (Lipinski definition) is 13. The molecule has 33 heavy (non-hydrogen) atoms. The Morgan fingerprint density at radius 3 is 1.70 bits per heavy atom. The molecule has 2 aliphatic heterocycles. The van der Waals surface area contributed by atoms with Crippen LogP contribution in [0.3, 0.4) is 0 Å². The van der Waals surface area contributed by atoms with Gasteiger partial charge in [0, 0.05) is 0 Å². The van der Waals surface area contributed by atoms with E-state index in [2.05, 4.69) is 0 Å². The topological polar surface area (TPSA) is 236 Å². The van der Waals surface area contributed by atoms with Gasteiger partial charge in [-0.3, -0.25) is 0 Å². The summed E-state index contributed by atoms with van der Waals surface area (Å²) in [5.74, 6) is -1.97. The van der Waals surface area contributed by atoms with Crippen LogP contribution < -0.4 is 9.47 Å². The van der Waals surface area contributed by atoms with Crippen molar-refractivity contribution in [3.63, 3.8) is 0 Å². The zero-order valence-corrected chi connectivity index (χ0v) is 17.0. The molecule has 0 aromatic heterocycles. The highest BCUT2D eigenvalue weighted by molar-refractivity contribution is 5.91. The minimum atomic E-state index is -1.77. The van der Waals surface area contributed by atoms with E-state index in [0.29, 0.717) is 0 Å². The van der Waals surface area contributed by atoms with Gasteiger partial charge in [0.2, 0.25) is 12.6 Å². The van der Waals surface area contributed by atoms with Crippen molar-refractivity contribution in [1.82, 2.24) is 0 Å². The summed E-state index contributed by atoms with van der Waals surface area (Å²) >= 11 is 0. The second-order valence-electron chi connectivity index (χ2n) is 7.59. The number of carbonyl (C=O) groups is 1. The normalized spacial score (nSPS) is 39.2. The lowest BCUT2D eigenvalue weighted by molar-refractivity contribution is -0.278. The van der Waals surface area contributed by atoms with Crippen molar-refractivity contribution in [3.8, 4) is 11.5 Å². The first-order valence-corrected chi connectivity index (χ1v) is 9.90. The van der Waals surface area contributed by atoms with Gasteiger partial charge in [-0.1, -0.05) is 0 Å². The summed E-state index contributed by atoms with van der Waals surface area (Å²) in [6.45, 7) is -1.39. The lowest BCUT2D eigenvalue weighted by Crippen LogP contribution is -2.60. The molecule has 186 valence electrons. The third-order valence-corrected chi connectivity index (χ3v) is 5.37. The Labute approximate surface area is 186 Å². The van der Waals surface area contributed by atoms with Crippen LogP contribution in [-0.4, -0.2) is 127 Å². The van der Waals surface area contributed by atoms with E-state index in [1.165, 1.54) is 6.07 Å². The number of hydrogen-bond donors (Lipinski definition) is 9. The summed E-state index contributed by atoms with van der Waals surface area (Å²) in [5, 5.41) is 87.5. The lowest BCUT2D eigenvalue weighted by Gasteiger charge is -2.40. The van der Waals surface area contributed by atoms with E-state index >= 15 is 0 Å². The molecule has 10 atom stereocenters. The van der Waals surface area contributed by atoms with E-state index in [9.17, 15) is 50.8 Å². The minimum absolute atomic E-state index is 0.155. The largest absolute Gasteiger partial charge is 0.478 e. The predicted molar refractivity (Wildman–Crippen MR) is 102 cm³/mol. The van der Waals surface area contributed by atoms with Crippen LogP contribution in [0.5, 0.6) is 11.5 Å². The number of ether oxygens (including phenoxy) is 4. The number of aromatic carboxylic acids is 1. The van der Waals surface area contributed by atoms with Crippen molar-refractivity contribution < 1.29 is 69.7 Å². The molecular formula is C19H26O14. The maximum Gasteiger partial charge on any atom is 0.339 e. The first-order valence-electron chi connectivity index (χ1n) is 9.90. The van der Waals surface area contributed by atoms with E-state index in [-0.39, 0.29) is 11.5 Å². The van der Waals surface area contributed by atoms with Gasteiger partial charge in [0.15, 0.2) is 0 Å². The molecule has 0 aliphatic carbocycles. The molecule has 2 fully saturated rings. The highest BCUT2D eigenvalue weighted by atomic mass is 16.7. The molecule has 9 N–H and O–H groups in total. The smallest absolute Gasteiger partial charge is 0.339 e. The molecule has 0 spiro atoms. The number of benzene rings is 1. The van der Waals surface area contributed by atoms with E-state index in [1.54, 1.807) is 0 Å². The molecule has 0 saturated carbocycles. The Kier molecular flexibility index (Phi) is 8.07. The first kappa shape index (κ1) is 25.5. The van der Waals surface area contributed by atoms with E-state index in [4.69, 9.17) is 18.9 Å². The maximum atomic E-state index is 11.7. The van der Waals surface area contributed by atoms with Crippen molar-refractivity contribution in [2.75, 3.05) is 13.2 Å². The van der Waals surface area contributed by atoms with Gasteiger partial charge in [-0.25, -0.2) is 4.79 Å². The fourth-order valence-electron chi connectivity index (χ4n) is 3.44. The van der Waals surface area contributed by atoms with Crippen LogP contribution in [0, 0.1) is 0 Å². The van der Waals surface area contributed by atoms with Gasteiger partial charge < -0.3 is 64.9 Å². The zero-order chi connectivity index (χ0) is 24.4. The van der Waals surface area contributed by atoms with Crippen LogP contribution in [0.1, 0.15) is 10.4 Å². The van der Waals surface area contributed by atoms with E-state index in [0.717, 1.165) is 12.1 Å². The zero-order valence-electron chi connectivity index (χ0n) is 17.0. The van der Waals surface area contributed by atoms with Crippen LogP contribution in [0.2, 0.25) is 0 Å². The Bertz CT molecular complexity index is 816. The Hall–Kier alpha value is -2.11. The van der Waals surface area contributed by atoms with Gasteiger partial charge in [-0.2, -0.15) is 0 Å². The number of carboxylic acid groups (broad SMARTS) is 1. The van der Waals surface area contributed by atoms with Crippen molar-refractivity contribution in [2.45, 2.75) is 61.4 Å². The fraction of sp³-hybridized carbons (Fsp3) is 0.632. The van der Waals surface area contributed by atoms with Gasteiger partial charge in [0.1, 0.15) is 65.9 Å². The Morgan fingerprint density at radius 1 is 0.758 bits per heavy atom. The summed E-state index contributed by atoms with van der Waals surface area (Å²) < 4.78 is 21.1. The molecule has 2 saturated heterocycles. The van der Waals surface area contributed by atoms with Crippen molar-refractivity contribution in [3.05, 3.63) is 23.8 Å². The predicted octanol–water partition coefficient (Wildman–Crippen LogP) is -4.26. The second-order valence-corrected chi connectivity index (χ2v) is 7.59. The summed E-state index contributed by atoms with van der Waals surface area (Å²) in [7, 11) is 0. The molecule has 3 rings (SSSR count). The minimum Gasteiger partial charge on any atom is -0.478 e. The SMILES string of the molecule is O=C(O)c1cc(OC2OC(CO)C(O)C(O)C2O)ccc1OC1OC(CO)C(O)C(O)C1O. The highest BCUT2D eigenvalue weighted by Gasteiger charge is 2.46. The standard InChI is InChI=1S/C19H26O14/c20-4-9-11(22)13(24)15(26)18(32-9)30-6-1-2-8(7(3-6)17(28)29)31-19-16(27)14(25)12(23)10(5-21)33-19/h1-3,9-16,18-27H,4-5H2,(H,28,29). The van der Waals surface area contributed by atoms with Crippen LogP contribution in [-0.2, 0) is 9.47 Å². The maximum absolute atomic E-state index is 11.7. The van der Waals surface area contributed by atoms with Gasteiger partial charge in [-0.15, -0.1) is 0 Å². The van der Waals surface area contributed by atoms with Crippen LogP contribution in [0.15, 0.2) is 18.2 Å². The van der Waals surface area contributed by atoms with Gasteiger partial charge >= 0.3 is 5.97 Å². The van der Waals surface area contributed by atoms with Gasteiger partial charge in [0.05, 0.1) is 13.2 Å². The molecule has 14 heteroatoms. The molecule has 0 bridgehead atoms. The Balaban J connectivity index is 1.79. The van der Waals surface area contributed by atoms with Crippen LogP contribution in [0.4, 0.5) is 0 Å².